The van der Waals surface area contributed by atoms with Crippen molar-refractivity contribution >= 4 is 15.9 Å². The first-order chi connectivity index (χ1) is 19.5. The minimum atomic E-state index is -4.57. The fourth-order valence-electron chi connectivity index (χ4n) is 4.59. The number of hydrogen-bond donors (Lipinski definition) is 0. The third kappa shape index (κ3) is 6.77. The van der Waals surface area contributed by atoms with Gasteiger partial charge in [0.25, 0.3) is 5.91 Å². The highest BCUT2D eigenvalue weighted by atomic mass is 32.2. The number of carbonyl (C=O) groups is 1. The fraction of sp³-hybridized carbons (Fsp3) is 0.480. The summed E-state index contributed by atoms with van der Waals surface area (Å²) in [5, 5.41) is 6.95. The van der Waals surface area contributed by atoms with Crippen molar-refractivity contribution in [3.8, 4) is 0 Å². The zero-order valence-electron chi connectivity index (χ0n) is 21.7. The van der Waals surface area contributed by atoms with Crippen molar-refractivity contribution < 1.29 is 45.0 Å². The molecule has 0 spiro atoms. The van der Waals surface area contributed by atoms with Crippen molar-refractivity contribution in [1.82, 2.24) is 23.9 Å². The number of rotatable bonds is 10. The van der Waals surface area contributed by atoms with E-state index in [0.717, 1.165) is 31.5 Å². The Labute approximate surface area is 232 Å². The van der Waals surface area contributed by atoms with Gasteiger partial charge in [-0.2, -0.15) is 35.9 Å². The summed E-state index contributed by atoms with van der Waals surface area (Å²) in [6.45, 7) is -0.828. The molecule has 0 aliphatic carbocycles. The molecule has 1 aromatic carbocycles. The molecule has 16 heteroatoms. The molecule has 2 atom stereocenters. The standard InChI is InChI=1S/C25H27F4N5O6S/c26-19-6-2-1-5-18(19)23(40-12-11-39-22-7-3-4-10-38-22)24(35)32-13-17-14-34(30-20(17)15-32)41(36,37)21-8-9-33(31-21)16-25(27,28)29/h1-2,5-6,8-9,14,22-23H,3-4,7,10-13,15-16H2. The maximum atomic E-state index is 14.7. The second kappa shape index (κ2) is 11.9. The molecule has 11 nitrogen and oxygen atoms in total. The first-order valence-electron chi connectivity index (χ1n) is 12.8. The van der Waals surface area contributed by atoms with Crippen LogP contribution in [0.2, 0.25) is 0 Å². The summed E-state index contributed by atoms with van der Waals surface area (Å²) in [6.07, 6.45) is -1.42. The van der Waals surface area contributed by atoms with E-state index in [1.54, 1.807) is 6.07 Å². The predicted octanol–water partition coefficient (Wildman–Crippen LogP) is 3.16. The van der Waals surface area contributed by atoms with Crippen molar-refractivity contribution in [3.63, 3.8) is 0 Å². The molecule has 0 N–H and O–H groups in total. The molecule has 2 aliphatic rings. The third-order valence-electron chi connectivity index (χ3n) is 6.56. The van der Waals surface area contributed by atoms with Crippen LogP contribution in [-0.4, -0.2) is 70.5 Å². The van der Waals surface area contributed by atoms with E-state index < -0.39 is 45.6 Å². The SMILES string of the molecule is O=C(C(OCCOC1CCCCO1)c1ccccc1F)N1Cc2cn(S(=O)(=O)c3ccn(CC(F)(F)F)n3)nc2C1. The fourth-order valence-corrected chi connectivity index (χ4v) is 5.70. The number of nitrogens with zero attached hydrogens (tertiary/aromatic N) is 5. The van der Waals surface area contributed by atoms with Gasteiger partial charge in [-0.05, 0) is 31.4 Å². The maximum absolute atomic E-state index is 14.7. The Hall–Kier alpha value is -3.34. The van der Waals surface area contributed by atoms with E-state index in [1.807, 2.05) is 0 Å². The lowest BCUT2D eigenvalue weighted by Crippen LogP contribution is -2.34. The van der Waals surface area contributed by atoms with E-state index >= 15 is 0 Å². The first kappa shape index (κ1) is 29.2. The van der Waals surface area contributed by atoms with Crippen LogP contribution in [0.25, 0.3) is 0 Å². The predicted molar refractivity (Wildman–Crippen MR) is 132 cm³/mol. The number of hydrogen-bond acceptors (Lipinski definition) is 8. The van der Waals surface area contributed by atoms with E-state index in [-0.39, 0.29) is 43.9 Å². The van der Waals surface area contributed by atoms with Gasteiger partial charge in [-0.3, -0.25) is 9.48 Å². The molecule has 0 radical (unpaired) electrons. The van der Waals surface area contributed by atoms with Crippen molar-refractivity contribution in [2.75, 3.05) is 19.8 Å². The molecule has 4 heterocycles. The number of aromatic nitrogens is 4. The summed E-state index contributed by atoms with van der Waals surface area (Å²) in [5.74, 6) is -1.18. The topological polar surface area (TPSA) is 118 Å². The largest absolute Gasteiger partial charge is 0.408 e. The van der Waals surface area contributed by atoms with E-state index in [4.69, 9.17) is 14.2 Å². The summed E-state index contributed by atoms with van der Waals surface area (Å²) in [7, 11) is -4.37. The number of ether oxygens (including phenoxy) is 3. The number of benzene rings is 1. The zero-order valence-corrected chi connectivity index (χ0v) is 22.5. The molecular formula is C25H27F4N5O6S. The average molecular weight is 602 g/mol. The van der Waals surface area contributed by atoms with Crippen LogP contribution in [0.5, 0.6) is 0 Å². The molecule has 222 valence electrons. The molecule has 1 fully saturated rings. The zero-order chi connectivity index (χ0) is 29.2. The molecule has 0 bridgehead atoms. The lowest BCUT2D eigenvalue weighted by atomic mass is 10.1. The molecule has 3 aromatic rings. The summed E-state index contributed by atoms with van der Waals surface area (Å²) < 4.78 is 96.4. The number of amides is 1. The van der Waals surface area contributed by atoms with E-state index in [2.05, 4.69) is 10.2 Å². The van der Waals surface area contributed by atoms with Crippen LogP contribution in [0.3, 0.4) is 0 Å². The molecule has 0 saturated carbocycles. The van der Waals surface area contributed by atoms with Gasteiger partial charge in [0, 0.05) is 36.7 Å². The molecule has 41 heavy (non-hydrogen) atoms. The Morgan fingerprint density at radius 1 is 1.12 bits per heavy atom. The highest BCUT2D eigenvalue weighted by Gasteiger charge is 2.36. The Balaban J connectivity index is 1.26. The van der Waals surface area contributed by atoms with E-state index in [9.17, 15) is 30.8 Å². The normalized spacial score (nSPS) is 18.4. The minimum absolute atomic E-state index is 0.00487. The minimum Gasteiger partial charge on any atom is -0.361 e. The summed E-state index contributed by atoms with van der Waals surface area (Å²) in [4.78, 5) is 14.8. The molecule has 5 rings (SSSR count). The van der Waals surface area contributed by atoms with Crippen LogP contribution in [-0.2, 0) is 48.7 Å². The second-order valence-corrected chi connectivity index (χ2v) is 11.3. The van der Waals surface area contributed by atoms with Gasteiger partial charge in [0.05, 0.1) is 25.5 Å². The number of alkyl halides is 3. The van der Waals surface area contributed by atoms with Gasteiger partial charge >= 0.3 is 16.2 Å². The van der Waals surface area contributed by atoms with Crippen molar-refractivity contribution in [3.05, 3.63) is 65.4 Å². The molecule has 1 saturated heterocycles. The average Bonchev–Trinajstić information content (AvgIpc) is 3.65. The quantitative estimate of drug-likeness (QED) is 0.257. The highest BCUT2D eigenvalue weighted by molar-refractivity contribution is 7.89. The Kier molecular flexibility index (Phi) is 8.45. The molecule has 2 aliphatic heterocycles. The molecule has 1 amide bonds. The van der Waals surface area contributed by atoms with E-state index in [1.165, 1.54) is 29.3 Å². The van der Waals surface area contributed by atoms with Gasteiger partial charge in [0.1, 0.15) is 12.4 Å². The van der Waals surface area contributed by atoms with Crippen molar-refractivity contribution in [2.24, 2.45) is 0 Å². The van der Waals surface area contributed by atoms with Crippen LogP contribution >= 0.6 is 0 Å². The van der Waals surface area contributed by atoms with Gasteiger partial charge in [-0.15, -0.1) is 0 Å². The van der Waals surface area contributed by atoms with Crippen molar-refractivity contribution in [2.45, 2.75) is 62.5 Å². The Morgan fingerprint density at radius 3 is 2.63 bits per heavy atom. The summed E-state index contributed by atoms with van der Waals surface area (Å²) in [6, 6.07) is 6.69. The van der Waals surface area contributed by atoms with Gasteiger partial charge < -0.3 is 19.1 Å². The molecule has 2 aromatic heterocycles. The lowest BCUT2D eigenvalue weighted by molar-refractivity contribution is -0.174. The summed E-state index contributed by atoms with van der Waals surface area (Å²) >= 11 is 0. The van der Waals surface area contributed by atoms with Gasteiger partial charge in [0.2, 0.25) is 0 Å². The first-order valence-corrected chi connectivity index (χ1v) is 14.3. The Morgan fingerprint density at radius 2 is 1.93 bits per heavy atom. The van der Waals surface area contributed by atoms with Crippen LogP contribution in [0.4, 0.5) is 17.6 Å². The Bertz CT molecular complexity index is 1460. The van der Waals surface area contributed by atoms with Gasteiger partial charge in [0.15, 0.2) is 17.4 Å². The van der Waals surface area contributed by atoms with Crippen LogP contribution in [0.1, 0.15) is 42.2 Å². The second-order valence-electron chi connectivity index (χ2n) is 9.58. The van der Waals surface area contributed by atoms with Crippen molar-refractivity contribution in [1.29, 1.82) is 0 Å². The lowest BCUT2D eigenvalue weighted by Gasteiger charge is -2.25. The van der Waals surface area contributed by atoms with Crippen LogP contribution in [0.15, 0.2) is 47.8 Å². The molecule has 2 unspecified atom stereocenters. The monoisotopic (exact) mass is 601 g/mol. The van der Waals surface area contributed by atoms with E-state index in [0.29, 0.717) is 20.9 Å². The number of halogens is 4. The van der Waals surface area contributed by atoms with Crippen LogP contribution < -0.4 is 0 Å². The van der Waals surface area contributed by atoms with Gasteiger partial charge in [-0.25, -0.2) is 4.39 Å². The smallest absolute Gasteiger partial charge is 0.361 e. The molecular weight excluding hydrogens is 574 g/mol. The third-order valence-corrected chi connectivity index (χ3v) is 7.99. The van der Waals surface area contributed by atoms with Crippen LogP contribution in [0, 0.1) is 5.82 Å². The summed E-state index contributed by atoms with van der Waals surface area (Å²) in [5.41, 5.74) is 0.710. The van der Waals surface area contributed by atoms with Gasteiger partial charge in [-0.1, -0.05) is 18.2 Å². The maximum Gasteiger partial charge on any atom is 0.408 e. The number of carbonyl (C=O) groups excluding carboxylic acids is 1. The number of fused-ring (bicyclic) bond motifs is 1. The highest BCUT2D eigenvalue weighted by Crippen LogP contribution is 2.30.